The maximum absolute atomic E-state index is 4.21. The van der Waals surface area contributed by atoms with Gasteiger partial charge in [0.1, 0.15) is 0 Å². The Balaban J connectivity index is 1.80. The molecule has 2 atom stereocenters. The fourth-order valence-corrected chi connectivity index (χ4v) is 2.86. The summed E-state index contributed by atoms with van der Waals surface area (Å²) in [5, 5.41) is 7.25. The van der Waals surface area contributed by atoms with Gasteiger partial charge in [0.25, 0.3) is 0 Å². The number of hydrogen-bond acceptors (Lipinski definition) is 3. The van der Waals surface area contributed by atoms with Crippen molar-refractivity contribution in [2.45, 2.75) is 32.0 Å². The zero-order valence-corrected chi connectivity index (χ0v) is 11.8. The number of aromatic nitrogens is 1. The van der Waals surface area contributed by atoms with E-state index in [1.165, 1.54) is 16.7 Å². The van der Waals surface area contributed by atoms with E-state index in [0.29, 0.717) is 12.1 Å². The third kappa shape index (κ3) is 2.89. The van der Waals surface area contributed by atoms with Crippen molar-refractivity contribution in [2.75, 3.05) is 6.54 Å². The summed E-state index contributed by atoms with van der Waals surface area (Å²) in [5.74, 6) is 0. The van der Waals surface area contributed by atoms with Gasteiger partial charge in [-0.3, -0.25) is 4.98 Å². The molecule has 0 saturated heterocycles. The molecule has 2 aromatic rings. The molecular weight excluding hydrogens is 246 g/mol. The second-order valence-corrected chi connectivity index (χ2v) is 5.39. The Kier molecular flexibility index (Phi) is 4.09. The van der Waals surface area contributed by atoms with E-state index in [2.05, 4.69) is 52.9 Å². The lowest BCUT2D eigenvalue weighted by Crippen LogP contribution is -2.26. The molecule has 1 aromatic carbocycles. The van der Waals surface area contributed by atoms with Gasteiger partial charge in [0.2, 0.25) is 0 Å². The van der Waals surface area contributed by atoms with Crippen molar-refractivity contribution < 1.29 is 0 Å². The average Bonchev–Trinajstić information content (AvgIpc) is 2.71. The molecule has 2 N–H and O–H groups in total. The Bertz CT molecular complexity index is 553. The van der Waals surface area contributed by atoms with Crippen LogP contribution in [0, 0.1) is 0 Å². The topological polar surface area (TPSA) is 37.0 Å². The van der Waals surface area contributed by atoms with Gasteiger partial charge in [-0.15, -0.1) is 0 Å². The largest absolute Gasteiger partial charge is 0.313 e. The van der Waals surface area contributed by atoms with Crippen molar-refractivity contribution >= 4 is 0 Å². The first kappa shape index (κ1) is 13.3. The van der Waals surface area contributed by atoms with Gasteiger partial charge < -0.3 is 10.6 Å². The van der Waals surface area contributed by atoms with Gasteiger partial charge in [-0.05, 0) is 42.6 Å². The summed E-state index contributed by atoms with van der Waals surface area (Å²) in [5.41, 5.74) is 4.07. The molecule has 2 heterocycles. The first-order valence-electron chi connectivity index (χ1n) is 7.29. The highest BCUT2D eigenvalue weighted by atomic mass is 15.0. The molecule has 3 rings (SSSR count). The zero-order valence-electron chi connectivity index (χ0n) is 11.8. The van der Waals surface area contributed by atoms with E-state index in [1.807, 2.05) is 18.5 Å². The number of benzene rings is 1. The van der Waals surface area contributed by atoms with Gasteiger partial charge in [-0.1, -0.05) is 30.3 Å². The number of pyridine rings is 1. The van der Waals surface area contributed by atoms with Crippen LogP contribution in [0.4, 0.5) is 0 Å². The molecule has 0 bridgehead atoms. The molecule has 0 aliphatic carbocycles. The van der Waals surface area contributed by atoms with Crippen molar-refractivity contribution in [3.05, 3.63) is 65.5 Å². The minimum Gasteiger partial charge on any atom is -0.313 e. The number of hydrogen-bond donors (Lipinski definition) is 2. The number of fused-ring (bicyclic) bond motifs is 1. The van der Waals surface area contributed by atoms with E-state index in [1.54, 1.807) is 0 Å². The molecule has 0 amide bonds. The van der Waals surface area contributed by atoms with Crippen molar-refractivity contribution in [1.82, 2.24) is 15.6 Å². The van der Waals surface area contributed by atoms with Crippen LogP contribution in [0.2, 0.25) is 0 Å². The van der Waals surface area contributed by atoms with Gasteiger partial charge in [0, 0.05) is 31.0 Å². The maximum Gasteiger partial charge on any atom is 0.0341 e. The summed E-state index contributed by atoms with van der Waals surface area (Å²) in [6, 6.07) is 13.5. The van der Waals surface area contributed by atoms with Crippen LogP contribution < -0.4 is 10.6 Å². The fourth-order valence-electron chi connectivity index (χ4n) is 2.86. The third-order valence-corrected chi connectivity index (χ3v) is 3.99. The summed E-state index contributed by atoms with van der Waals surface area (Å²) in [6.45, 7) is 4.22. The van der Waals surface area contributed by atoms with Crippen LogP contribution in [0.1, 0.15) is 42.1 Å². The minimum atomic E-state index is 0.305. The highest BCUT2D eigenvalue weighted by Gasteiger charge is 2.20. The molecule has 20 heavy (non-hydrogen) atoms. The second kappa shape index (κ2) is 6.16. The van der Waals surface area contributed by atoms with E-state index in [0.717, 1.165) is 19.5 Å². The minimum absolute atomic E-state index is 0.305. The van der Waals surface area contributed by atoms with Crippen LogP contribution in [0.25, 0.3) is 0 Å². The molecule has 3 heteroatoms. The molecule has 1 aliphatic rings. The average molecular weight is 267 g/mol. The van der Waals surface area contributed by atoms with Gasteiger partial charge >= 0.3 is 0 Å². The number of nitrogens with zero attached hydrogens (tertiary/aromatic N) is 1. The standard InChI is InChI=1S/C17H21N3/c1-13(14-6-4-9-18-11-14)20-17-8-10-19-12-15-5-2-3-7-16(15)17/h2-7,9,11,13,17,19-20H,8,10,12H2,1H3/t13-,17?/m0/s1. The molecule has 1 aliphatic heterocycles. The van der Waals surface area contributed by atoms with Gasteiger partial charge in [0.15, 0.2) is 0 Å². The monoisotopic (exact) mass is 267 g/mol. The maximum atomic E-state index is 4.21. The lowest BCUT2D eigenvalue weighted by molar-refractivity contribution is 0.442. The van der Waals surface area contributed by atoms with E-state index >= 15 is 0 Å². The highest BCUT2D eigenvalue weighted by molar-refractivity contribution is 5.31. The first-order valence-corrected chi connectivity index (χ1v) is 7.29. The van der Waals surface area contributed by atoms with Crippen LogP contribution in [0.5, 0.6) is 0 Å². The second-order valence-electron chi connectivity index (χ2n) is 5.39. The Morgan fingerprint density at radius 1 is 1.25 bits per heavy atom. The van der Waals surface area contributed by atoms with Crippen LogP contribution in [-0.4, -0.2) is 11.5 Å². The molecular formula is C17H21N3. The lowest BCUT2D eigenvalue weighted by atomic mass is 9.98. The quantitative estimate of drug-likeness (QED) is 0.897. The van der Waals surface area contributed by atoms with E-state index in [4.69, 9.17) is 0 Å². The summed E-state index contributed by atoms with van der Waals surface area (Å²) >= 11 is 0. The third-order valence-electron chi connectivity index (χ3n) is 3.99. The molecule has 0 spiro atoms. The van der Waals surface area contributed by atoms with Crippen molar-refractivity contribution in [3.63, 3.8) is 0 Å². The van der Waals surface area contributed by atoms with Gasteiger partial charge in [0.05, 0.1) is 0 Å². The van der Waals surface area contributed by atoms with Gasteiger partial charge in [-0.2, -0.15) is 0 Å². The SMILES string of the molecule is C[C@H](NC1CCNCc2ccccc21)c1cccnc1. The van der Waals surface area contributed by atoms with E-state index in [9.17, 15) is 0 Å². The van der Waals surface area contributed by atoms with E-state index in [-0.39, 0.29) is 0 Å². The van der Waals surface area contributed by atoms with Gasteiger partial charge in [-0.25, -0.2) is 0 Å². The summed E-state index contributed by atoms with van der Waals surface area (Å²) in [7, 11) is 0. The predicted octanol–water partition coefficient (Wildman–Crippen LogP) is 2.97. The summed E-state index contributed by atoms with van der Waals surface area (Å²) in [4.78, 5) is 4.21. The van der Waals surface area contributed by atoms with Crippen molar-refractivity contribution in [1.29, 1.82) is 0 Å². The normalized spacial score (nSPS) is 19.9. The molecule has 0 radical (unpaired) electrons. The Hall–Kier alpha value is -1.71. The van der Waals surface area contributed by atoms with Crippen molar-refractivity contribution in [2.24, 2.45) is 0 Å². The molecule has 0 saturated carbocycles. The van der Waals surface area contributed by atoms with Crippen LogP contribution in [-0.2, 0) is 6.54 Å². The molecule has 0 fully saturated rings. The predicted molar refractivity (Wildman–Crippen MR) is 81.3 cm³/mol. The Morgan fingerprint density at radius 2 is 2.15 bits per heavy atom. The number of rotatable bonds is 3. The highest BCUT2D eigenvalue weighted by Crippen LogP contribution is 2.26. The van der Waals surface area contributed by atoms with Crippen LogP contribution in [0.15, 0.2) is 48.8 Å². The summed E-state index contributed by atoms with van der Waals surface area (Å²) < 4.78 is 0. The molecule has 104 valence electrons. The zero-order chi connectivity index (χ0) is 13.8. The molecule has 3 nitrogen and oxygen atoms in total. The lowest BCUT2D eigenvalue weighted by Gasteiger charge is -2.24. The molecule has 1 unspecified atom stereocenters. The van der Waals surface area contributed by atoms with E-state index < -0.39 is 0 Å². The van der Waals surface area contributed by atoms with Crippen LogP contribution in [0.3, 0.4) is 0 Å². The Morgan fingerprint density at radius 3 is 3.00 bits per heavy atom. The smallest absolute Gasteiger partial charge is 0.0341 e. The van der Waals surface area contributed by atoms with Crippen molar-refractivity contribution in [3.8, 4) is 0 Å². The first-order chi connectivity index (χ1) is 9.84. The Labute approximate surface area is 120 Å². The van der Waals surface area contributed by atoms with Crippen LogP contribution >= 0.6 is 0 Å². The summed E-state index contributed by atoms with van der Waals surface area (Å²) in [6.07, 6.45) is 4.88. The molecule has 1 aromatic heterocycles. The number of nitrogens with one attached hydrogen (secondary N) is 2. The fraction of sp³-hybridized carbons (Fsp3) is 0.353.